The molecular weight excluding hydrogens is 369 g/mol. The predicted octanol–water partition coefficient (Wildman–Crippen LogP) is 3.46. The van der Waals surface area contributed by atoms with Gasteiger partial charge in [0.05, 0.1) is 30.5 Å². The van der Waals surface area contributed by atoms with Gasteiger partial charge in [0.25, 0.3) is 0 Å². The molecule has 0 N–H and O–H groups in total. The van der Waals surface area contributed by atoms with Crippen LogP contribution in [0.4, 0.5) is 10.2 Å². The third kappa shape index (κ3) is 3.20. The van der Waals surface area contributed by atoms with E-state index in [4.69, 9.17) is 5.10 Å². The van der Waals surface area contributed by atoms with Crippen LogP contribution in [0.5, 0.6) is 0 Å². The topological polar surface area (TPSA) is 56.0 Å². The van der Waals surface area contributed by atoms with Gasteiger partial charge in [0.15, 0.2) is 0 Å². The molecule has 5 rings (SSSR count). The second kappa shape index (κ2) is 7.01. The number of aromatic nitrogens is 4. The van der Waals surface area contributed by atoms with Crippen molar-refractivity contribution in [1.29, 1.82) is 0 Å². The molecule has 0 atom stereocenters. The van der Waals surface area contributed by atoms with Crippen LogP contribution in [0.2, 0.25) is 0 Å². The largest absolute Gasteiger partial charge is 0.295 e. The fraction of sp³-hybridized carbons (Fsp3) is 0.136. The lowest BCUT2D eigenvalue weighted by atomic mass is 10.1. The second-order valence-electron chi connectivity index (χ2n) is 6.92. The predicted molar refractivity (Wildman–Crippen MR) is 107 cm³/mol. The summed E-state index contributed by atoms with van der Waals surface area (Å²) in [6.45, 7) is 1.31. The number of carbonyl (C=O) groups excluding carboxylic acids is 1. The minimum absolute atomic E-state index is 0.0137. The number of para-hydroxylation sites is 1. The zero-order valence-corrected chi connectivity index (χ0v) is 15.6. The highest BCUT2D eigenvalue weighted by molar-refractivity contribution is 5.95. The molecule has 0 radical (unpaired) electrons. The van der Waals surface area contributed by atoms with Crippen LogP contribution in [0.25, 0.3) is 16.9 Å². The maximum absolute atomic E-state index is 13.4. The molecule has 144 valence electrons. The first kappa shape index (κ1) is 17.4. The van der Waals surface area contributed by atoms with E-state index in [1.165, 1.54) is 12.1 Å². The van der Waals surface area contributed by atoms with Crippen LogP contribution < -0.4 is 4.90 Å². The number of hydrogen-bond donors (Lipinski definition) is 0. The molecule has 0 unspecified atom stereocenters. The third-order valence-corrected chi connectivity index (χ3v) is 5.08. The summed E-state index contributed by atoms with van der Waals surface area (Å²) in [7, 11) is 0. The summed E-state index contributed by atoms with van der Waals surface area (Å²) >= 11 is 0. The molecule has 1 amide bonds. The Morgan fingerprint density at radius 1 is 1.00 bits per heavy atom. The molecule has 0 saturated heterocycles. The van der Waals surface area contributed by atoms with Gasteiger partial charge >= 0.3 is 0 Å². The smallest absolute Gasteiger partial charge is 0.232 e. The molecule has 7 heteroatoms. The van der Waals surface area contributed by atoms with E-state index in [0.29, 0.717) is 18.8 Å². The molecular formula is C22H18FN5O. The van der Waals surface area contributed by atoms with Gasteiger partial charge < -0.3 is 0 Å². The quantitative estimate of drug-likeness (QED) is 0.539. The standard InChI is InChI=1S/C22H18FN5O/c23-18-8-6-16(7-9-18)22-17(15-28(25-22)19-4-2-1-3-5-19)14-21(29)26-12-13-27-20(26)10-11-24-27/h1-11,15H,12-14H2. The van der Waals surface area contributed by atoms with E-state index in [2.05, 4.69) is 5.10 Å². The highest BCUT2D eigenvalue weighted by atomic mass is 19.1. The Labute approximate surface area is 166 Å². The van der Waals surface area contributed by atoms with E-state index in [-0.39, 0.29) is 18.1 Å². The molecule has 1 aliphatic heterocycles. The first-order chi connectivity index (χ1) is 14.2. The van der Waals surface area contributed by atoms with Crippen LogP contribution in [0.3, 0.4) is 0 Å². The number of nitrogens with zero attached hydrogens (tertiary/aromatic N) is 5. The van der Waals surface area contributed by atoms with Crippen LogP contribution in [0.1, 0.15) is 5.56 Å². The van der Waals surface area contributed by atoms with Gasteiger partial charge in [-0.2, -0.15) is 10.2 Å². The van der Waals surface area contributed by atoms with Crippen molar-refractivity contribution in [1.82, 2.24) is 19.6 Å². The van der Waals surface area contributed by atoms with Crippen molar-refractivity contribution in [2.75, 3.05) is 11.4 Å². The Morgan fingerprint density at radius 3 is 2.59 bits per heavy atom. The highest BCUT2D eigenvalue weighted by Crippen LogP contribution is 2.27. The Hall–Kier alpha value is -3.74. The summed E-state index contributed by atoms with van der Waals surface area (Å²) in [6, 6.07) is 17.7. The maximum Gasteiger partial charge on any atom is 0.232 e. The van der Waals surface area contributed by atoms with Gasteiger partial charge in [-0.05, 0) is 36.4 Å². The second-order valence-corrected chi connectivity index (χ2v) is 6.92. The molecule has 29 heavy (non-hydrogen) atoms. The minimum atomic E-state index is -0.306. The number of amides is 1. The Morgan fingerprint density at radius 2 is 1.79 bits per heavy atom. The van der Waals surface area contributed by atoms with E-state index in [1.54, 1.807) is 27.9 Å². The van der Waals surface area contributed by atoms with Crippen molar-refractivity contribution in [2.24, 2.45) is 0 Å². The minimum Gasteiger partial charge on any atom is -0.295 e. The molecule has 0 fully saturated rings. The lowest BCUT2D eigenvalue weighted by Crippen LogP contribution is -2.30. The van der Waals surface area contributed by atoms with Crippen LogP contribution in [0, 0.1) is 5.82 Å². The molecule has 3 heterocycles. The van der Waals surface area contributed by atoms with Crippen LogP contribution in [-0.2, 0) is 17.8 Å². The Balaban J connectivity index is 1.51. The number of carbonyl (C=O) groups is 1. The van der Waals surface area contributed by atoms with Crippen molar-refractivity contribution in [3.63, 3.8) is 0 Å². The normalized spacial score (nSPS) is 12.9. The summed E-state index contributed by atoms with van der Waals surface area (Å²) in [5.41, 5.74) is 3.14. The van der Waals surface area contributed by atoms with E-state index in [9.17, 15) is 9.18 Å². The zero-order valence-electron chi connectivity index (χ0n) is 15.6. The third-order valence-electron chi connectivity index (χ3n) is 5.08. The maximum atomic E-state index is 13.4. The van der Waals surface area contributed by atoms with Gasteiger partial charge in [0.1, 0.15) is 11.6 Å². The number of halogens is 1. The van der Waals surface area contributed by atoms with Gasteiger partial charge in [0.2, 0.25) is 5.91 Å². The Kier molecular flexibility index (Phi) is 4.20. The van der Waals surface area contributed by atoms with Crippen LogP contribution in [0.15, 0.2) is 73.1 Å². The van der Waals surface area contributed by atoms with Gasteiger partial charge in [-0.3, -0.25) is 9.69 Å². The summed E-state index contributed by atoms with van der Waals surface area (Å²) in [5.74, 6) is 0.494. The van der Waals surface area contributed by atoms with E-state index < -0.39 is 0 Å². The lowest BCUT2D eigenvalue weighted by Gasteiger charge is -2.14. The van der Waals surface area contributed by atoms with Gasteiger partial charge in [-0.25, -0.2) is 13.8 Å². The monoisotopic (exact) mass is 387 g/mol. The van der Waals surface area contributed by atoms with Crippen LogP contribution >= 0.6 is 0 Å². The molecule has 2 aromatic heterocycles. The van der Waals surface area contributed by atoms with Gasteiger partial charge in [0, 0.05) is 29.9 Å². The number of benzene rings is 2. The average Bonchev–Trinajstić information content (AvgIpc) is 3.45. The summed E-state index contributed by atoms with van der Waals surface area (Å²) < 4.78 is 17.0. The van der Waals surface area contributed by atoms with Crippen molar-refractivity contribution < 1.29 is 9.18 Å². The van der Waals surface area contributed by atoms with Gasteiger partial charge in [-0.15, -0.1) is 0 Å². The fourth-order valence-corrected chi connectivity index (χ4v) is 3.65. The lowest BCUT2D eigenvalue weighted by molar-refractivity contribution is -0.117. The Bertz CT molecular complexity index is 1160. The first-order valence-electron chi connectivity index (χ1n) is 9.41. The molecule has 4 aromatic rings. The number of rotatable bonds is 4. The first-order valence-corrected chi connectivity index (χ1v) is 9.41. The summed E-state index contributed by atoms with van der Waals surface area (Å²) in [5, 5.41) is 8.92. The van der Waals surface area contributed by atoms with Crippen molar-refractivity contribution in [2.45, 2.75) is 13.0 Å². The molecule has 0 spiro atoms. The number of fused-ring (bicyclic) bond motifs is 1. The molecule has 6 nitrogen and oxygen atoms in total. The van der Waals surface area contributed by atoms with E-state index >= 15 is 0 Å². The summed E-state index contributed by atoms with van der Waals surface area (Å²) in [4.78, 5) is 14.8. The average molecular weight is 387 g/mol. The molecule has 0 aliphatic carbocycles. The summed E-state index contributed by atoms with van der Waals surface area (Å²) in [6.07, 6.45) is 3.77. The number of anilines is 1. The number of hydrogen-bond acceptors (Lipinski definition) is 3. The fourth-order valence-electron chi connectivity index (χ4n) is 3.65. The molecule has 0 saturated carbocycles. The van der Waals surface area contributed by atoms with Gasteiger partial charge in [-0.1, -0.05) is 18.2 Å². The molecule has 1 aliphatic rings. The van der Waals surface area contributed by atoms with Crippen LogP contribution in [-0.4, -0.2) is 32.0 Å². The highest BCUT2D eigenvalue weighted by Gasteiger charge is 2.26. The van der Waals surface area contributed by atoms with Crippen molar-refractivity contribution >= 4 is 11.7 Å². The SMILES string of the molecule is O=C(Cc1cn(-c2ccccc2)nc1-c1ccc(F)cc1)N1CCn2nccc21. The molecule has 2 aromatic carbocycles. The van der Waals surface area contributed by atoms with E-state index in [0.717, 1.165) is 22.6 Å². The van der Waals surface area contributed by atoms with Crippen molar-refractivity contribution in [3.8, 4) is 16.9 Å². The molecule has 0 bridgehead atoms. The van der Waals surface area contributed by atoms with Crippen molar-refractivity contribution in [3.05, 3.63) is 84.4 Å². The van der Waals surface area contributed by atoms with E-state index in [1.807, 2.05) is 47.3 Å². The zero-order chi connectivity index (χ0) is 19.8.